The van der Waals surface area contributed by atoms with Crippen molar-refractivity contribution < 1.29 is 18.0 Å². The summed E-state index contributed by atoms with van der Waals surface area (Å²) in [6.07, 6.45) is -0.0778. The van der Waals surface area contributed by atoms with Gasteiger partial charge in [0.2, 0.25) is 0 Å². The summed E-state index contributed by atoms with van der Waals surface area (Å²) in [7, 11) is 0. The van der Waals surface area contributed by atoms with E-state index in [-0.39, 0.29) is 25.2 Å². The average molecular weight is 346 g/mol. The lowest BCUT2D eigenvalue weighted by molar-refractivity contribution is -0.142. The summed E-state index contributed by atoms with van der Waals surface area (Å²) in [4.78, 5) is 11.8. The molecule has 2 amide bonds. The summed E-state index contributed by atoms with van der Waals surface area (Å²) in [6.45, 7) is 4.47. The molecule has 0 bridgehead atoms. The minimum Gasteiger partial charge on any atom is -0.336 e. The van der Waals surface area contributed by atoms with E-state index in [0.29, 0.717) is 24.1 Å². The second-order valence-electron chi connectivity index (χ2n) is 6.12. The molecular weight excluding hydrogens is 321 g/mol. The topological polar surface area (TPSA) is 59.0 Å². The first-order valence-electron chi connectivity index (χ1n) is 8.56. The molecule has 2 rings (SSSR count). The Morgan fingerprint density at radius 2 is 1.92 bits per heavy atom. The van der Waals surface area contributed by atoms with Gasteiger partial charge in [0, 0.05) is 23.8 Å². The molecule has 2 N–H and O–H groups in total. The number of nitrogens with zero attached hydrogens (tertiary/aromatic N) is 2. The third kappa shape index (κ3) is 4.42. The average Bonchev–Trinajstić information content (AvgIpc) is 2.92. The maximum Gasteiger partial charge on any atom is 0.435 e. The molecule has 136 valence electrons. The lowest BCUT2D eigenvalue weighted by Gasteiger charge is -2.16. The quantitative estimate of drug-likeness (QED) is 0.830. The van der Waals surface area contributed by atoms with Crippen LogP contribution < -0.4 is 10.6 Å². The summed E-state index contributed by atoms with van der Waals surface area (Å²) in [5.74, 6) is 0. The van der Waals surface area contributed by atoms with Gasteiger partial charge in [0.15, 0.2) is 5.69 Å². The maximum atomic E-state index is 13.1. The van der Waals surface area contributed by atoms with Gasteiger partial charge in [-0.05, 0) is 38.5 Å². The Kier molecular flexibility index (Phi) is 6.12. The second-order valence-corrected chi connectivity index (χ2v) is 6.12. The number of alkyl halides is 3. The molecule has 0 fully saturated rings. The fraction of sp³-hybridized carbons (Fsp3) is 0.750. The number of hydrogen-bond donors (Lipinski definition) is 2. The third-order valence-corrected chi connectivity index (χ3v) is 4.46. The van der Waals surface area contributed by atoms with Gasteiger partial charge in [0.25, 0.3) is 0 Å². The number of nitrogens with one attached hydrogen (secondary N) is 2. The minimum atomic E-state index is -4.42. The highest BCUT2D eigenvalue weighted by Gasteiger charge is 2.39. The zero-order chi connectivity index (χ0) is 17.7. The molecule has 0 aromatic carbocycles. The number of carbonyl (C=O) groups is 1. The summed E-state index contributed by atoms with van der Waals surface area (Å²) in [6, 6.07) is -0.180. The molecular formula is C16H25F3N4O. The van der Waals surface area contributed by atoms with E-state index in [1.807, 2.05) is 13.8 Å². The predicted octanol–water partition coefficient (Wildman–Crippen LogP) is 3.27. The fourth-order valence-electron chi connectivity index (χ4n) is 3.09. The van der Waals surface area contributed by atoms with E-state index in [0.717, 1.165) is 25.7 Å². The van der Waals surface area contributed by atoms with Crippen molar-refractivity contribution in [3.8, 4) is 0 Å². The summed E-state index contributed by atoms with van der Waals surface area (Å²) in [5, 5.41) is 9.30. The Morgan fingerprint density at radius 1 is 1.25 bits per heavy atom. The molecule has 0 saturated heterocycles. The van der Waals surface area contributed by atoms with Crippen LogP contribution in [-0.2, 0) is 25.6 Å². The molecule has 0 spiro atoms. The van der Waals surface area contributed by atoms with E-state index in [1.165, 1.54) is 4.68 Å². The standard InChI is InChI=1S/C16H25F3N4O/c1-3-11(4-2)21-15(24)20-9-10-23-13-8-6-5-7-12(13)14(22-23)16(17,18)19/h11H,3-10H2,1-2H3,(H2,20,21,24). The third-order valence-electron chi connectivity index (χ3n) is 4.46. The van der Waals surface area contributed by atoms with Gasteiger partial charge in [-0.25, -0.2) is 4.79 Å². The number of fused-ring (bicyclic) bond motifs is 1. The lowest BCUT2D eigenvalue weighted by Crippen LogP contribution is -2.42. The van der Waals surface area contributed by atoms with Crippen LogP contribution >= 0.6 is 0 Å². The van der Waals surface area contributed by atoms with Crippen molar-refractivity contribution in [2.45, 2.75) is 71.1 Å². The highest BCUT2D eigenvalue weighted by Crippen LogP contribution is 2.35. The summed E-state index contributed by atoms with van der Waals surface area (Å²) in [5.41, 5.74) is 0.227. The minimum absolute atomic E-state index is 0.110. The largest absolute Gasteiger partial charge is 0.435 e. The molecule has 1 heterocycles. The van der Waals surface area contributed by atoms with Crippen LogP contribution in [0, 0.1) is 0 Å². The van der Waals surface area contributed by atoms with E-state index >= 15 is 0 Å². The molecule has 5 nitrogen and oxygen atoms in total. The van der Waals surface area contributed by atoms with Crippen LogP contribution in [0.4, 0.5) is 18.0 Å². The van der Waals surface area contributed by atoms with Gasteiger partial charge < -0.3 is 10.6 Å². The van der Waals surface area contributed by atoms with Gasteiger partial charge in [-0.3, -0.25) is 4.68 Å². The van der Waals surface area contributed by atoms with Crippen molar-refractivity contribution in [3.63, 3.8) is 0 Å². The number of aromatic nitrogens is 2. The number of amides is 2. The summed E-state index contributed by atoms with van der Waals surface area (Å²) >= 11 is 0. The van der Waals surface area contributed by atoms with Gasteiger partial charge in [-0.1, -0.05) is 13.8 Å². The van der Waals surface area contributed by atoms with Gasteiger partial charge in [-0.2, -0.15) is 18.3 Å². The van der Waals surface area contributed by atoms with Crippen molar-refractivity contribution in [2.75, 3.05) is 6.54 Å². The second kappa shape index (κ2) is 7.90. The maximum absolute atomic E-state index is 13.1. The Balaban J connectivity index is 1.98. The van der Waals surface area contributed by atoms with Crippen molar-refractivity contribution >= 4 is 6.03 Å². The van der Waals surface area contributed by atoms with Crippen molar-refractivity contribution in [1.82, 2.24) is 20.4 Å². The van der Waals surface area contributed by atoms with Gasteiger partial charge >= 0.3 is 12.2 Å². The fourth-order valence-corrected chi connectivity index (χ4v) is 3.09. The Labute approximate surface area is 140 Å². The van der Waals surface area contributed by atoms with E-state index in [9.17, 15) is 18.0 Å². The van der Waals surface area contributed by atoms with Crippen LogP contribution in [0.1, 0.15) is 56.5 Å². The van der Waals surface area contributed by atoms with Gasteiger partial charge in [-0.15, -0.1) is 0 Å². The Hall–Kier alpha value is -1.73. The molecule has 0 radical (unpaired) electrons. The van der Waals surface area contributed by atoms with Crippen LogP contribution in [0.25, 0.3) is 0 Å². The number of urea groups is 1. The first-order valence-corrected chi connectivity index (χ1v) is 8.56. The van der Waals surface area contributed by atoms with Gasteiger partial charge in [0.05, 0.1) is 6.54 Å². The zero-order valence-electron chi connectivity index (χ0n) is 14.2. The monoisotopic (exact) mass is 346 g/mol. The van der Waals surface area contributed by atoms with E-state index in [4.69, 9.17) is 0 Å². The molecule has 1 aromatic heterocycles. The van der Waals surface area contributed by atoms with E-state index in [1.54, 1.807) is 0 Å². The number of halogens is 3. The van der Waals surface area contributed by atoms with Crippen LogP contribution in [0.2, 0.25) is 0 Å². The SMILES string of the molecule is CCC(CC)NC(=O)NCCn1nc(C(F)(F)F)c2c1CCCC2. The Morgan fingerprint density at radius 3 is 2.54 bits per heavy atom. The molecule has 1 aromatic rings. The number of rotatable bonds is 6. The molecule has 0 atom stereocenters. The van der Waals surface area contributed by atoms with E-state index in [2.05, 4.69) is 15.7 Å². The molecule has 0 unspecified atom stereocenters. The van der Waals surface area contributed by atoms with Crippen LogP contribution in [0.3, 0.4) is 0 Å². The normalized spacial score (nSPS) is 14.6. The van der Waals surface area contributed by atoms with Crippen LogP contribution in [0.5, 0.6) is 0 Å². The van der Waals surface area contributed by atoms with Crippen LogP contribution in [0.15, 0.2) is 0 Å². The number of hydrogen-bond acceptors (Lipinski definition) is 2. The first kappa shape index (κ1) is 18.6. The van der Waals surface area contributed by atoms with E-state index < -0.39 is 11.9 Å². The predicted molar refractivity (Wildman–Crippen MR) is 84.8 cm³/mol. The molecule has 24 heavy (non-hydrogen) atoms. The highest BCUT2D eigenvalue weighted by molar-refractivity contribution is 5.74. The number of carbonyl (C=O) groups excluding carboxylic acids is 1. The zero-order valence-corrected chi connectivity index (χ0v) is 14.2. The molecule has 8 heteroatoms. The Bertz CT molecular complexity index is 564. The van der Waals surface area contributed by atoms with Crippen molar-refractivity contribution in [1.29, 1.82) is 0 Å². The van der Waals surface area contributed by atoms with Crippen molar-refractivity contribution in [2.24, 2.45) is 0 Å². The van der Waals surface area contributed by atoms with Crippen molar-refractivity contribution in [3.05, 3.63) is 17.0 Å². The summed E-state index contributed by atoms with van der Waals surface area (Å²) < 4.78 is 40.7. The highest BCUT2D eigenvalue weighted by atomic mass is 19.4. The molecule has 0 saturated carbocycles. The molecule has 0 aliphatic heterocycles. The van der Waals surface area contributed by atoms with Crippen LogP contribution in [-0.4, -0.2) is 28.4 Å². The smallest absolute Gasteiger partial charge is 0.336 e. The molecule has 1 aliphatic rings. The lowest BCUT2D eigenvalue weighted by atomic mass is 9.95. The molecule has 1 aliphatic carbocycles. The first-order chi connectivity index (χ1) is 11.4. The van der Waals surface area contributed by atoms with Gasteiger partial charge in [0.1, 0.15) is 0 Å².